The van der Waals surface area contributed by atoms with Gasteiger partial charge in [0.1, 0.15) is 5.82 Å². The van der Waals surface area contributed by atoms with E-state index >= 15 is 0 Å². The summed E-state index contributed by atoms with van der Waals surface area (Å²) in [6, 6.07) is 2.12. The molecule has 0 radical (unpaired) electrons. The maximum atomic E-state index is 8.73. The molecule has 0 aromatic carbocycles. The van der Waals surface area contributed by atoms with Crippen molar-refractivity contribution in [3.8, 4) is 6.07 Å². The number of nitriles is 1. The smallest absolute Gasteiger partial charge is 0.224 e. The third-order valence-electron chi connectivity index (χ3n) is 2.67. The van der Waals surface area contributed by atoms with Gasteiger partial charge in [-0.3, -0.25) is 5.10 Å². The predicted octanol–water partition coefficient (Wildman–Crippen LogP) is 0.302. The van der Waals surface area contributed by atoms with Crippen LogP contribution in [0, 0.1) is 11.3 Å². The summed E-state index contributed by atoms with van der Waals surface area (Å²) < 4.78 is 5.07. The SMILES string of the molecule is COCCN(CCC#N)c1nc(N)nc2[nH]ncc12. The van der Waals surface area contributed by atoms with Crippen molar-refractivity contribution in [3.05, 3.63) is 6.20 Å². The first kappa shape index (κ1) is 13.0. The molecule has 0 spiro atoms. The van der Waals surface area contributed by atoms with Gasteiger partial charge in [0.2, 0.25) is 5.95 Å². The zero-order valence-corrected chi connectivity index (χ0v) is 10.6. The van der Waals surface area contributed by atoms with Gasteiger partial charge in [-0.2, -0.15) is 20.3 Å². The number of aromatic amines is 1. The number of nitrogens with two attached hydrogens (primary N) is 1. The Kier molecular flexibility index (Phi) is 4.10. The molecule has 100 valence electrons. The summed E-state index contributed by atoms with van der Waals surface area (Å²) in [4.78, 5) is 10.3. The third kappa shape index (κ3) is 2.89. The summed E-state index contributed by atoms with van der Waals surface area (Å²) in [5.74, 6) is 0.842. The van der Waals surface area contributed by atoms with Crippen molar-refractivity contribution in [1.82, 2.24) is 20.2 Å². The molecule has 2 heterocycles. The summed E-state index contributed by atoms with van der Waals surface area (Å²) in [6.45, 7) is 1.71. The summed E-state index contributed by atoms with van der Waals surface area (Å²) in [6.07, 6.45) is 2.04. The maximum absolute atomic E-state index is 8.73. The van der Waals surface area contributed by atoms with Crippen LogP contribution in [-0.4, -0.2) is 47.0 Å². The van der Waals surface area contributed by atoms with Crippen LogP contribution in [0.4, 0.5) is 11.8 Å². The number of ether oxygens (including phenoxy) is 1. The van der Waals surface area contributed by atoms with Crippen LogP contribution in [0.1, 0.15) is 6.42 Å². The molecule has 8 heteroatoms. The zero-order chi connectivity index (χ0) is 13.7. The predicted molar refractivity (Wildman–Crippen MR) is 70.4 cm³/mol. The molecule has 0 aliphatic rings. The minimum Gasteiger partial charge on any atom is -0.383 e. The number of hydrogen-bond donors (Lipinski definition) is 2. The van der Waals surface area contributed by atoms with E-state index in [0.717, 1.165) is 5.39 Å². The van der Waals surface area contributed by atoms with Crippen molar-refractivity contribution in [3.63, 3.8) is 0 Å². The van der Waals surface area contributed by atoms with E-state index in [1.807, 2.05) is 4.90 Å². The normalized spacial score (nSPS) is 10.5. The molecular weight excluding hydrogens is 246 g/mol. The Morgan fingerprint density at radius 2 is 2.32 bits per heavy atom. The van der Waals surface area contributed by atoms with Crippen LogP contribution < -0.4 is 10.6 Å². The van der Waals surface area contributed by atoms with Crippen LogP contribution in [0.15, 0.2) is 6.20 Å². The standard InChI is InChI=1S/C11H15N7O/c1-19-6-5-18(4-2-3-12)10-8-7-14-17-9(8)15-11(13)16-10/h7H,2,4-6H2,1H3,(H3,13,14,15,16,17). The quantitative estimate of drug-likeness (QED) is 0.768. The fourth-order valence-corrected chi connectivity index (χ4v) is 1.79. The molecule has 0 saturated carbocycles. The molecule has 2 aromatic heterocycles. The molecule has 19 heavy (non-hydrogen) atoms. The molecule has 0 amide bonds. The number of aromatic nitrogens is 4. The number of hydrogen-bond acceptors (Lipinski definition) is 7. The molecule has 0 fully saturated rings. The van der Waals surface area contributed by atoms with E-state index in [1.165, 1.54) is 0 Å². The van der Waals surface area contributed by atoms with E-state index in [9.17, 15) is 0 Å². The maximum Gasteiger partial charge on any atom is 0.224 e. The number of anilines is 2. The van der Waals surface area contributed by atoms with Gasteiger partial charge in [-0.25, -0.2) is 0 Å². The number of fused-ring (bicyclic) bond motifs is 1. The largest absolute Gasteiger partial charge is 0.383 e. The van der Waals surface area contributed by atoms with Crippen LogP contribution in [0.5, 0.6) is 0 Å². The van der Waals surface area contributed by atoms with E-state index in [0.29, 0.717) is 37.6 Å². The molecule has 0 aliphatic heterocycles. The van der Waals surface area contributed by atoms with Crippen LogP contribution in [-0.2, 0) is 4.74 Å². The van der Waals surface area contributed by atoms with Gasteiger partial charge >= 0.3 is 0 Å². The number of nitrogens with one attached hydrogen (secondary N) is 1. The van der Waals surface area contributed by atoms with Crippen LogP contribution in [0.2, 0.25) is 0 Å². The lowest BCUT2D eigenvalue weighted by Crippen LogP contribution is -2.29. The highest BCUT2D eigenvalue weighted by atomic mass is 16.5. The summed E-state index contributed by atoms with van der Waals surface area (Å²) >= 11 is 0. The van der Waals surface area contributed by atoms with Gasteiger partial charge in [0.25, 0.3) is 0 Å². The fraction of sp³-hybridized carbons (Fsp3) is 0.455. The van der Waals surface area contributed by atoms with Gasteiger partial charge in [-0.05, 0) is 0 Å². The molecule has 0 unspecified atom stereocenters. The van der Waals surface area contributed by atoms with Gasteiger partial charge in [0.15, 0.2) is 5.65 Å². The van der Waals surface area contributed by atoms with Gasteiger partial charge < -0.3 is 15.4 Å². The number of nitrogen functional groups attached to an aromatic ring is 1. The zero-order valence-electron chi connectivity index (χ0n) is 10.6. The van der Waals surface area contributed by atoms with Gasteiger partial charge in [-0.1, -0.05) is 0 Å². The summed E-state index contributed by atoms with van der Waals surface area (Å²) in [7, 11) is 1.63. The van der Waals surface area contributed by atoms with Crippen LogP contribution in [0.25, 0.3) is 11.0 Å². The highest BCUT2D eigenvalue weighted by Gasteiger charge is 2.14. The lowest BCUT2D eigenvalue weighted by atomic mass is 10.3. The average Bonchev–Trinajstić information content (AvgIpc) is 2.86. The van der Waals surface area contributed by atoms with Gasteiger partial charge in [-0.15, -0.1) is 0 Å². The first-order valence-electron chi connectivity index (χ1n) is 5.83. The number of nitrogens with zero attached hydrogens (tertiary/aromatic N) is 5. The second kappa shape index (κ2) is 5.97. The van der Waals surface area contributed by atoms with Crippen molar-refractivity contribution >= 4 is 22.8 Å². The molecule has 8 nitrogen and oxygen atoms in total. The van der Waals surface area contributed by atoms with Gasteiger partial charge in [0, 0.05) is 20.2 Å². The number of rotatable bonds is 6. The molecule has 0 saturated heterocycles. The average molecular weight is 261 g/mol. The van der Waals surface area contributed by atoms with E-state index in [2.05, 4.69) is 26.2 Å². The van der Waals surface area contributed by atoms with Crippen LogP contribution >= 0.6 is 0 Å². The third-order valence-corrected chi connectivity index (χ3v) is 2.67. The topological polar surface area (TPSA) is 117 Å². The highest BCUT2D eigenvalue weighted by Crippen LogP contribution is 2.22. The van der Waals surface area contributed by atoms with Crippen molar-refractivity contribution in [2.75, 3.05) is 37.4 Å². The van der Waals surface area contributed by atoms with Crippen molar-refractivity contribution < 1.29 is 4.74 Å². The Hall–Kier alpha value is -2.40. The van der Waals surface area contributed by atoms with Crippen LogP contribution in [0.3, 0.4) is 0 Å². The molecular formula is C11H15N7O. The Morgan fingerprint density at radius 1 is 1.47 bits per heavy atom. The fourth-order valence-electron chi connectivity index (χ4n) is 1.79. The minimum absolute atomic E-state index is 0.172. The summed E-state index contributed by atoms with van der Waals surface area (Å²) in [5.41, 5.74) is 6.27. The van der Waals surface area contributed by atoms with E-state index in [1.54, 1.807) is 13.3 Å². The lowest BCUT2D eigenvalue weighted by molar-refractivity contribution is 0.205. The molecule has 3 N–H and O–H groups in total. The molecule has 2 aromatic rings. The molecule has 0 atom stereocenters. The number of H-pyrrole nitrogens is 1. The number of methoxy groups -OCH3 is 1. The summed E-state index contributed by atoms with van der Waals surface area (Å²) in [5, 5.41) is 16.2. The Labute approximate surface area is 110 Å². The second-order valence-electron chi connectivity index (χ2n) is 3.93. The molecule has 0 bridgehead atoms. The Bertz CT molecular complexity index is 588. The Balaban J connectivity index is 2.36. The minimum atomic E-state index is 0.172. The Morgan fingerprint density at radius 3 is 3.05 bits per heavy atom. The van der Waals surface area contributed by atoms with Crippen molar-refractivity contribution in [2.24, 2.45) is 0 Å². The lowest BCUT2D eigenvalue weighted by Gasteiger charge is -2.22. The highest BCUT2D eigenvalue weighted by molar-refractivity contribution is 5.87. The first-order valence-corrected chi connectivity index (χ1v) is 5.83. The second-order valence-corrected chi connectivity index (χ2v) is 3.93. The van der Waals surface area contributed by atoms with E-state index < -0.39 is 0 Å². The van der Waals surface area contributed by atoms with Crippen molar-refractivity contribution in [2.45, 2.75) is 6.42 Å². The molecule has 0 aliphatic carbocycles. The van der Waals surface area contributed by atoms with Crippen molar-refractivity contribution in [1.29, 1.82) is 5.26 Å². The van der Waals surface area contributed by atoms with Gasteiger partial charge in [0.05, 0.1) is 30.7 Å². The monoisotopic (exact) mass is 261 g/mol. The first-order chi connectivity index (χ1) is 9.26. The van der Waals surface area contributed by atoms with E-state index in [-0.39, 0.29) is 5.95 Å². The van der Waals surface area contributed by atoms with E-state index in [4.69, 9.17) is 15.7 Å². The molecule has 2 rings (SSSR count).